The fourth-order valence-electron chi connectivity index (χ4n) is 2.89. The van der Waals surface area contributed by atoms with Crippen molar-refractivity contribution in [1.82, 2.24) is 4.90 Å². The standard InChI is InChI=1S/C18H27NO3/c1-13-7-5-8-14(11-13)16(20)15-9-6-10-19(12-15)17(21)22-18(2,3)4/h5,7-8,11,15-16,20H,6,9-10,12H2,1-4H3/t15?,16-/m1/s1. The fraction of sp³-hybridized carbons (Fsp3) is 0.611. The van der Waals surface area contributed by atoms with Crippen molar-refractivity contribution >= 4 is 6.09 Å². The maximum absolute atomic E-state index is 12.2. The monoisotopic (exact) mass is 305 g/mol. The highest BCUT2D eigenvalue weighted by Crippen LogP contribution is 2.30. The maximum Gasteiger partial charge on any atom is 0.410 e. The molecule has 122 valence electrons. The normalized spacial score (nSPS) is 20.6. The fourth-order valence-corrected chi connectivity index (χ4v) is 2.89. The van der Waals surface area contributed by atoms with Crippen molar-refractivity contribution in [3.8, 4) is 0 Å². The summed E-state index contributed by atoms with van der Waals surface area (Å²) in [7, 11) is 0. The minimum Gasteiger partial charge on any atom is -0.444 e. The molecule has 1 aliphatic heterocycles. The Hall–Kier alpha value is -1.55. The predicted molar refractivity (Wildman–Crippen MR) is 86.7 cm³/mol. The number of nitrogens with zero attached hydrogens (tertiary/aromatic N) is 1. The third-order valence-electron chi connectivity index (χ3n) is 3.94. The lowest BCUT2D eigenvalue weighted by Gasteiger charge is -2.36. The highest BCUT2D eigenvalue weighted by Gasteiger charge is 2.31. The van der Waals surface area contributed by atoms with E-state index in [4.69, 9.17) is 4.74 Å². The quantitative estimate of drug-likeness (QED) is 0.907. The van der Waals surface area contributed by atoms with Gasteiger partial charge in [0.15, 0.2) is 0 Å². The predicted octanol–water partition coefficient (Wildman–Crippen LogP) is 3.68. The lowest BCUT2D eigenvalue weighted by atomic mass is 9.88. The van der Waals surface area contributed by atoms with E-state index in [1.165, 1.54) is 0 Å². The summed E-state index contributed by atoms with van der Waals surface area (Å²) in [5, 5.41) is 10.6. The van der Waals surface area contributed by atoms with Crippen LogP contribution >= 0.6 is 0 Å². The summed E-state index contributed by atoms with van der Waals surface area (Å²) in [6.07, 6.45) is 1.00. The topological polar surface area (TPSA) is 49.8 Å². The molecule has 0 aromatic heterocycles. The molecule has 4 nitrogen and oxygen atoms in total. The van der Waals surface area contributed by atoms with E-state index < -0.39 is 11.7 Å². The number of aliphatic hydroxyl groups excluding tert-OH is 1. The molecule has 1 N–H and O–H groups in total. The maximum atomic E-state index is 12.2. The highest BCUT2D eigenvalue weighted by molar-refractivity contribution is 5.68. The van der Waals surface area contributed by atoms with Crippen molar-refractivity contribution in [2.45, 2.75) is 52.2 Å². The molecule has 0 radical (unpaired) electrons. The number of likely N-dealkylation sites (tertiary alicyclic amines) is 1. The Morgan fingerprint density at radius 3 is 2.77 bits per heavy atom. The Morgan fingerprint density at radius 1 is 1.41 bits per heavy atom. The van der Waals surface area contributed by atoms with Crippen molar-refractivity contribution in [2.75, 3.05) is 13.1 Å². The molecule has 1 unspecified atom stereocenters. The van der Waals surface area contributed by atoms with Crippen LogP contribution in [0.15, 0.2) is 24.3 Å². The summed E-state index contributed by atoms with van der Waals surface area (Å²) in [4.78, 5) is 13.9. The second kappa shape index (κ2) is 6.69. The first kappa shape index (κ1) is 16.8. The number of amides is 1. The number of carbonyl (C=O) groups is 1. The Balaban J connectivity index is 2.02. The van der Waals surface area contributed by atoms with Crippen molar-refractivity contribution in [3.63, 3.8) is 0 Å². The molecule has 4 heteroatoms. The Bertz CT molecular complexity index is 521. The SMILES string of the molecule is Cc1cccc([C@@H](O)C2CCCN(C(=O)OC(C)(C)C)C2)c1. The zero-order valence-electron chi connectivity index (χ0n) is 14.0. The molecule has 22 heavy (non-hydrogen) atoms. The number of piperidine rings is 1. The second-order valence-electron chi connectivity index (χ2n) is 7.19. The molecule has 1 aromatic carbocycles. The van der Waals surface area contributed by atoms with Crippen LogP contribution in [0.3, 0.4) is 0 Å². The van der Waals surface area contributed by atoms with Gasteiger partial charge in [0.05, 0.1) is 6.10 Å². The largest absolute Gasteiger partial charge is 0.444 e. The van der Waals surface area contributed by atoms with Gasteiger partial charge in [0.1, 0.15) is 5.60 Å². The van der Waals surface area contributed by atoms with Crippen LogP contribution in [-0.4, -0.2) is 34.8 Å². The molecule has 0 aliphatic carbocycles. The van der Waals surface area contributed by atoms with Crippen LogP contribution < -0.4 is 0 Å². The first-order chi connectivity index (χ1) is 10.3. The number of aliphatic hydroxyl groups is 1. The van der Waals surface area contributed by atoms with Gasteiger partial charge in [-0.25, -0.2) is 4.79 Å². The molecule has 0 spiro atoms. The Labute approximate surface area is 133 Å². The van der Waals surface area contributed by atoms with Crippen LogP contribution in [0.4, 0.5) is 4.79 Å². The van der Waals surface area contributed by atoms with Gasteiger partial charge in [0.2, 0.25) is 0 Å². The number of ether oxygens (including phenoxy) is 1. The summed E-state index contributed by atoms with van der Waals surface area (Å²) in [6.45, 7) is 8.87. The van der Waals surface area contributed by atoms with E-state index in [9.17, 15) is 9.90 Å². The summed E-state index contributed by atoms with van der Waals surface area (Å²) >= 11 is 0. The Morgan fingerprint density at radius 2 is 2.14 bits per heavy atom. The van der Waals surface area contributed by atoms with E-state index in [-0.39, 0.29) is 12.0 Å². The zero-order chi connectivity index (χ0) is 16.3. The minimum absolute atomic E-state index is 0.0584. The van der Waals surface area contributed by atoms with E-state index in [1.807, 2.05) is 52.0 Å². The summed E-state index contributed by atoms with van der Waals surface area (Å²) in [6, 6.07) is 7.94. The van der Waals surface area contributed by atoms with Crippen molar-refractivity contribution in [1.29, 1.82) is 0 Å². The average molecular weight is 305 g/mol. The number of aryl methyl sites for hydroxylation is 1. The van der Waals surface area contributed by atoms with E-state index >= 15 is 0 Å². The van der Waals surface area contributed by atoms with E-state index in [1.54, 1.807) is 4.90 Å². The number of hydrogen-bond acceptors (Lipinski definition) is 3. The molecular formula is C18H27NO3. The molecule has 1 amide bonds. The molecule has 1 aromatic rings. The van der Waals surface area contributed by atoms with Gasteiger partial charge in [-0.15, -0.1) is 0 Å². The number of hydrogen-bond donors (Lipinski definition) is 1. The van der Waals surface area contributed by atoms with Gasteiger partial charge >= 0.3 is 6.09 Å². The van der Waals surface area contributed by atoms with Gasteiger partial charge in [-0.05, 0) is 46.1 Å². The van der Waals surface area contributed by atoms with Gasteiger partial charge in [-0.3, -0.25) is 0 Å². The van der Waals surface area contributed by atoms with Gasteiger partial charge in [0, 0.05) is 19.0 Å². The van der Waals surface area contributed by atoms with Gasteiger partial charge < -0.3 is 14.7 Å². The average Bonchev–Trinajstić information content (AvgIpc) is 2.45. The van der Waals surface area contributed by atoms with Crippen LogP contribution in [0.2, 0.25) is 0 Å². The molecule has 1 saturated heterocycles. The second-order valence-corrected chi connectivity index (χ2v) is 7.19. The van der Waals surface area contributed by atoms with Crippen LogP contribution in [-0.2, 0) is 4.74 Å². The minimum atomic E-state index is -0.537. The number of rotatable bonds is 2. The molecule has 2 rings (SSSR count). The van der Waals surface area contributed by atoms with Gasteiger partial charge in [-0.1, -0.05) is 29.8 Å². The van der Waals surface area contributed by atoms with E-state index in [2.05, 4.69) is 0 Å². The molecule has 0 bridgehead atoms. The lowest BCUT2D eigenvalue weighted by molar-refractivity contribution is 0.00238. The van der Waals surface area contributed by atoms with Crippen LogP contribution in [0, 0.1) is 12.8 Å². The highest BCUT2D eigenvalue weighted by atomic mass is 16.6. The number of carbonyl (C=O) groups excluding carboxylic acids is 1. The molecule has 0 saturated carbocycles. The van der Waals surface area contributed by atoms with E-state index in [0.29, 0.717) is 13.1 Å². The van der Waals surface area contributed by atoms with Gasteiger partial charge in [0.25, 0.3) is 0 Å². The molecule has 2 atom stereocenters. The summed E-state index contributed by atoms with van der Waals surface area (Å²) in [5.74, 6) is 0.0584. The summed E-state index contributed by atoms with van der Waals surface area (Å²) in [5.41, 5.74) is 1.58. The van der Waals surface area contributed by atoms with Crippen molar-refractivity contribution in [3.05, 3.63) is 35.4 Å². The first-order valence-corrected chi connectivity index (χ1v) is 7.99. The van der Waals surface area contributed by atoms with E-state index in [0.717, 1.165) is 24.0 Å². The Kier molecular flexibility index (Phi) is 5.12. The molecule has 1 heterocycles. The lowest BCUT2D eigenvalue weighted by Crippen LogP contribution is -2.44. The van der Waals surface area contributed by atoms with Crippen molar-refractivity contribution < 1.29 is 14.6 Å². The summed E-state index contributed by atoms with van der Waals surface area (Å²) < 4.78 is 5.44. The molecule has 1 aliphatic rings. The van der Waals surface area contributed by atoms with Crippen LogP contribution in [0.5, 0.6) is 0 Å². The molecular weight excluding hydrogens is 278 g/mol. The smallest absolute Gasteiger partial charge is 0.410 e. The number of benzene rings is 1. The third-order valence-corrected chi connectivity index (χ3v) is 3.94. The van der Waals surface area contributed by atoms with Crippen LogP contribution in [0.25, 0.3) is 0 Å². The van der Waals surface area contributed by atoms with Crippen molar-refractivity contribution in [2.24, 2.45) is 5.92 Å². The van der Waals surface area contributed by atoms with Gasteiger partial charge in [-0.2, -0.15) is 0 Å². The molecule has 1 fully saturated rings. The van der Waals surface area contributed by atoms with Crippen LogP contribution in [0.1, 0.15) is 50.8 Å². The third kappa shape index (κ3) is 4.47. The zero-order valence-corrected chi connectivity index (χ0v) is 14.0. The first-order valence-electron chi connectivity index (χ1n) is 7.99.